The average Bonchev–Trinajstić information content (AvgIpc) is 3.44. The van der Waals surface area contributed by atoms with Crippen LogP contribution in [0.2, 0.25) is 0 Å². The fourth-order valence-electron chi connectivity index (χ4n) is 3.70. The maximum atomic E-state index is 14.0. The number of aryl methyl sites for hydroxylation is 1. The molecule has 1 saturated carbocycles. The Bertz CT molecular complexity index is 1480. The molecule has 2 aromatic carbocycles. The molecule has 0 atom stereocenters. The molecule has 0 spiro atoms. The summed E-state index contributed by atoms with van der Waals surface area (Å²) in [5.74, 6) is -0.816. The molecule has 0 unspecified atom stereocenters. The highest BCUT2D eigenvalue weighted by atomic mass is 32.2. The smallest absolute Gasteiger partial charge is 0.264 e. The second-order valence-corrected chi connectivity index (χ2v) is 9.64. The van der Waals surface area contributed by atoms with Crippen LogP contribution in [-0.4, -0.2) is 35.0 Å². The van der Waals surface area contributed by atoms with Gasteiger partial charge in [0.2, 0.25) is 6.41 Å². The van der Waals surface area contributed by atoms with Crippen molar-refractivity contribution in [1.29, 1.82) is 0 Å². The summed E-state index contributed by atoms with van der Waals surface area (Å²) in [6, 6.07) is 10.4. The molecule has 3 N–H and O–H groups in total. The summed E-state index contributed by atoms with van der Waals surface area (Å²) in [6.45, 7) is 1.69. The van der Waals surface area contributed by atoms with Crippen LogP contribution in [0.25, 0.3) is 22.4 Å². The number of carbonyl (C=O) groups is 1. The number of hydrogen-bond acceptors (Lipinski definition) is 6. The minimum atomic E-state index is -4.08. The number of fused-ring (bicyclic) bond motifs is 1. The lowest BCUT2D eigenvalue weighted by Crippen LogP contribution is -2.28. The van der Waals surface area contributed by atoms with Gasteiger partial charge in [-0.3, -0.25) is 14.6 Å². The molecule has 11 heteroatoms. The number of benzene rings is 2. The van der Waals surface area contributed by atoms with Crippen LogP contribution in [0.3, 0.4) is 0 Å². The summed E-state index contributed by atoms with van der Waals surface area (Å²) < 4.78 is 41.6. The van der Waals surface area contributed by atoms with Gasteiger partial charge in [0.15, 0.2) is 5.65 Å². The normalized spacial score (nSPS) is 14.7. The Kier molecular flexibility index (Phi) is 4.85. The van der Waals surface area contributed by atoms with Gasteiger partial charge >= 0.3 is 0 Å². The molecule has 168 valence electrons. The summed E-state index contributed by atoms with van der Waals surface area (Å²) in [7, 11) is -4.08. The van der Waals surface area contributed by atoms with E-state index in [4.69, 9.17) is 0 Å². The molecule has 0 radical (unpaired) electrons. The number of aromatic nitrogens is 4. The van der Waals surface area contributed by atoms with Crippen molar-refractivity contribution in [3.05, 3.63) is 65.7 Å². The number of aromatic amines is 1. The minimum absolute atomic E-state index is 0.285. The number of carbonyl (C=O) groups excluding carboxylic acids is 1. The summed E-state index contributed by atoms with van der Waals surface area (Å²) in [6.07, 6.45) is 3.84. The van der Waals surface area contributed by atoms with Crippen LogP contribution in [0, 0.1) is 12.7 Å². The second-order valence-electron chi connectivity index (χ2n) is 7.99. The molecule has 1 fully saturated rings. The third-order valence-corrected chi connectivity index (χ3v) is 7.01. The molecule has 0 saturated heterocycles. The van der Waals surface area contributed by atoms with E-state index in [2.05, 4.69) is 30.2 Å². The van der Waals surface area contributed by atoms with Crippen LogP contribution in [-0.2, 0) is 20.4 Å². The standard InChI is InChI=1S/C22H19FN6O3S/c1-13-2-7-16(23)18(10-13)33(31,32)29-15-5-3-14(4-6-15)17-11-24-19-20(27-28-21(19)26-17)22(8-9-22)25-12-30/h2-7,10-12,29H,8-9H2,1H3,(H,25,30)(H,26,27,28). The fourth-order valence-corrected chi connectivity index (χ4v) is 4.92. The number of H-pyrrole nitrogens is 1. The van der Waals surface area contributed by atoms with E-state index in [0.29, 0.717) is 40.1 Å². The van der Waals surface area contributed by atoms with Crippen LogP contribution in [0.5, 0.6) is 0 Å². The number of nitrogens with zero attached hydrogens (tertiary/aromatic N) is 3. The van der Waals surface area contributed by atoms with Gasteiger partial charge in [0.05, 0.1) is 17.4 Å². The average molecular weight is 466 g/mol. The van der Waals surface area contributed by atoms with Gasteiger partial charge in [0, 0.05) is 11.3 Å². The van der Waals surface area contributed by atoms with Crippen LogP contribution in [0.4, 0.5) is 10.1 Å². The summed E-state index contributed by atoms with van der Waals surface area (Å²) in [5, 5.41) is 9.97. The molecular weight excluding hydrogens is 447 g/mol. The van der Waals surface area contributed by atoms with Gasteiger partial charge in [0.25, 0.3) is 10.0 Å². The lowest BCUT2D eigenvalue weighted by molar-refractivity contribution is -0.110. The van der Waals surface area contributed by atoms with E-state index >= 15 is 0 Å². The fraction of sp³-hybridized carbons (Fsp3) is 0.182. The van der Waals surface area contributed by atoms with Gasteiger partial charge in [-0.15, -0.1) is 0 Å². The summed E-state index contributed by atoms with van der Waals surface area (Å²) in [5.41, 5.74) is 3.45. The number of amides is 1. The Balaban J connectivity index is 1.39. The number of anilines is 1. The number of sulfonamides is 1. The second kappa shape index (κ2) is 7.62. The molecule has 4 aromatic rings. The van der Waals surface area contributed by atoms with Gasteiger partial charge in [-0.25, -0.2) is 22.8 Å². The molecular formula is C22H19FN6O3S. The minimum Gasteiger partial charge on any atom is -0.347 e. The van der Waals surface area contributed by atoms with Crippen LogP contribution in [0.1, 0.15) is 24.1 Å². The van der Waals surface area contributed by atoms with E-state index in [1.165, 1.54) is 12.1 Å². The van der Waals surface area contributed by atoms with E-state index in [1.807, 2.05) is 0 Å². The number of halogens is 1. The van der Waals surface area contributed by atoms with Crippen molar-refractivity contribution in [3.8, 4) is 11.3 Å². The summed E-state index contributed by atoms with van der Waals surface area (Å²) >= 11 is 0. The van der Waals surface area contributed by atoms with Gasteiger partial charge < -0.3 is 5.32 Å². The van der Waals surface area contributed by atoms with E-state index < -0.39 is 26.3 Å². The van der Waals surface area contributed by atoms with Gasteiger partial charge in [0.1, 0.15) is 21.9 Å². The van der Waals surface area contributed by atoms with Crippen molar-refractivity contribution >= 4 is 33.3 Å². The SMILES string of the molecule is Cc1ccc(F)c(S(=O)(=O)Nc2ccc(-c3cnc4c(C5(NC=O)CC5)n[nH]c4n3)cc2)c1. The largest absolute Gasteiger partial charge is 0.347 e. The zero-order valence-corrected chi connectivity index (χ0v) is 18.3. The topological polar surface area (TPSA) is 130 Å². The molecule has 33 heavy (non-hydrogen) atoms. The first-order valence-corrected chi connectivity index (χ1v) is 11.6. The van der Waals surface area contributed by atoms with Crippen LogP contribution in [0.15, 0.2) is 53.6 Å². The Labute approximate surface area is 188 Å². The quantitative estimate of drug-likeness (QED) is 0.359. The van der Waals surface area contributed by atoms with Crippen LogP contribution >= 0.6 is 0 Å². The van der Waals surface area contributed by atoms with Gasteiger partial charge in [-0.2, -0.15) is 5.10 Å². The predicted octanol–water partition coefficient (Wildman–Crippen LogP) is 3.00. The van der Waals surface area contributed by atoms with Crippen LogP contribution < -0.4 is 10.0 Å². The molecule has 1 amide bonds. The number of nitrogens with one attached hydrogen (secondary N) is 3. The molecule has 5 rings (SSSR count). The highest BCUT2D eigenvalue weighted by Crippen LogP contribution is 2.46. The number of rotatable bonds is 7. The first-order chi connectivity index (χ1) is 15.8. The van der Waals surface area contributed by atoms with Crippen molar-refractivity contribution in [3.63, 3.8) is 0 Å². The van der Waals surface area contributed by atoms with Gasteiger partial charge in [-0.05, 0) is 49.6 Å². The highest BCUT2D eigenvalue weighted by molar-refractivity contribution is 7.92. The molecule has 2 heterocycles. The lowest BCUT2D eigenvalue weighted by Gasteiger charge is -2.11. The first kappa shape index (κ1) is 21.0. The maximum Gasteiger partial charge on any atom is 0.264 e. The van der Waals surface area contributed by atoms with Crippen molar-refractivity contribution in [1.82, 2.24) is 25.5 Å². The number of hydrogen-bond donors (Lipinski definition) is 3. The Morgan fingerprint density at radius 1 is 1.15 bits per heavy atom. The Hall–Kier alpha value is -3.86. The Morgan fingerprint density at radius 2 is 1.91 bits per heavy atom. The maximum absolute atomic E-state index is 14.0. The van der Waals surface area contributed by atoms with Crippen molar-refractivity contribution in [2.75, 3.05) is 4.72 Å². The van der Waals surface area contributed by atoms with E-state index in [1.54, 1.807) is 37.4 Å². The molecule has 1 aliphatic carbocycles. The third-order valence-electron chi connectivity index (χ3n) is 5.62. The van der Waals surface area contributed by atoms with Crippen molar-refractivity contribution in [2.45, 2.75) is 30.2 Å². The molecule has 9 nitrogen and oxygen atoms in total. The zero-order chi connectivity index (χ0) is 23.2. The molecule has 0 aliphatic heterocycles. The monoisotopic (exact) mass is 466 g/mol. The lowest BCUT2D eigenvalue weighted by atomic mass is 10.1. The van der Waals surface area contributed by atoms with Crippen molar-refractivity contribution < 1.29 is 17.6 Å². The van der Waals surface area contributed by atoms with E-state index in [-0.39, 0.29) is 5.69 Å². The van der Waals surface area contributed by atoms with E-state index in [9.17, 15) is 17.6 Å². The molecule has 2 aromatic heterocycles. The molecule has 0 bridgehead atoms. The zero-order valence-electron chi connectivity index (χ0n) is 17.5. The predicted molar refractivity (Wildman–Crippen MR) is 119 cm³/mol. The Morgan fingerprint density at radius 3 is 2.61 bits per heavy atom. The highest BCUT2D eigenvalue weighted by Gasteiger charge is 2.48. The molecule has 1 aliphatic rings. The van der Waals surface area contributed by atoms with Crippen molar-refractivity contribution in [2.24, 2.45) is 0 Å². The first-order valence-electron chi connectivity index (χ1n) is 10.1. The third kappa shape index (κ3) is 3.80. The summed E-state index contributed by atoms with van der Waals surface area (Å²) in [4.78, 5) is 19.5. The van der Waals surface area contributed by atoms with Gasteiger partial charge in [-0.1, -0.05) is 18.2 Å². The van der Waals surface area contributed by atoms with E-state index in [0.717, 1.165) is 18.9 Å².